The van der Waals surface area contributed by atoms with Gasteiger partial charge in [0.1, 0.15) is 18.0 Å². The largest absolute Gasteiger partial charge is 0.488 e. The Morgan fingerprint density at radius 2 is 1.39 bits per heavy atom. The SMILES string of the molecule is CC(=O)OC1C=CC(OC(C)=O)C2C(=O)N(CCCN3CCN(c4ccccc4OC4CCCC4)CC3)C(=O)C12.Cl. The predicted molar refractivity (Wildman–Crippen MR) is 154 cm³/mol. The van der Waals surface area contributed by atoms with Crippen molar-refractivity contribution in [1.82, 2.24) is 9.80 Å². The quantitative estimate of drug-likeness (QED) is 0.244. The fraction of sp³-hybridized carbons (Fsp3) is 0.600. The highest BCUT2D eigenvalue weighted by molar-refractivity contribution is 6.06. The molecule has 4 atom stereocenters. The number of esters is 2. The number of hydrogen-bond acceptors (Lipinski definition) is 9. The van der Waals surface area contributed by atoms with Gasteiger partial charge in [0.2, 0.25) is 11.8 Å². The number of carbonyl (C=O) groups excluding carboxylic acids is 4. The molecular weight excluding hydrogens is 550 g/mol. The number of fused-ring (bicyclic) bond motifs is 1. The van der Waals surface area contributed by atoms with Crippen LogP contribution in [0.2, 0.25) is 0 Å². The Morgan fingerprint density at radius 1 is 0.829 bits per heavy atom. The van der Waals surface area contributed by atoms with E-state index in [0.29, 0.717) is 12.5 Å². The van der Waals surface area contributed by atoms with E-state index in [1.165, 1.54) is 31.6 Å². The van der Waals surface area contributed by atoms with Crippen molar-refractivity contribution in [1.29, 1.82) is 0 Å². The molecule has 1 aromatic rings. The third-order valence-corrected chi connectivity index (χ3v) is 8.32. The lowest BCUT2D eigenvalue weighted by Crippen LogP contribution is -2.47. The van der Waals surface area contributed by atoms with Crippen LogP contribution in [0.15, 0.2) is 36.4 Å². The highest BCUT2D eigenvalue weighted by atomic mass is 35.5. The highest BCUT2D eigenvalue weighted by Crippen LogP contribution is 2.38. The van der Waals surface area contributed by atoms with Gasteiger partial charge in [0.25, 0.3) is 0 Å². The van der Waals surface area contributed by atoms with Crippen molar-refractivity contribution in [2.75, 3.05) is 44.2 Å². The Balaban J connectivity index is 0.00000387. The van der Waals surface area contributed by atoms with Crippen LogP contribution in [-0.4, -0.2) is 91.1 Å². The molecule has 0 radical (unpaired) electrons. The Morgan fingerprint density at radius 3 is 1.95 bits per heavy atom. The lowest BCUT2D eigenvalue weighted by molar-refractivity contribution is -0.157. The van der Waals surface area contributed by atoms with Gasteiger partial charge in [0.05, 0.1) is 23.6 Å². The van der Waals surface area contributed by atoms with Crippen molar-refractivity contribution in [3.63, 3.8) is 0 Å². The van der Waals surface area contributed by atoms with Crippen molar-refractivity contribution in [2.24, 2.45) is 11.8 Å². The molecule has 2 aliphatic carbocycles. The first-order valence-corrected chi connectivity index (χ1v) is 14.4. The minimum atomic E-state index is -0.888. The van der Waals surface area contributed by atoms with Gasteiger partial charge in [0.15, 0.2) is 0 Å². The summed E-state index contributed by atoms with van der Waals surface area (Å²) in [4.78, 5) is 55.8. The number of amides is 2. The number of benzene rings is 1. The summed E-state index contributed by atoms with van der Waals surface area (Å²) in [5.74, 6) is -2.65. The van der Waals surface area contributed by atoms with E-state index in [2.05, 4.69) is 28.0 Å². The molecular formula is C30H40ClN3O7. The van der Waals surface area contributed by atoms with Gasteiger partial charge in [-0.25, -0.2) is 0 Å². The van der Waals surface area contributed by atoms with Crippen molar-refractivity contribution in [3.8, 4) is 5.75 Å². The maximum absolute atomic E-state index is 13.3. The Labute approximate surface area is 247 Å². The Kier molecular flexibility index (Phi) is 10.3. The molecule has 4 unspecified atom stereocenters. The average molecular weight is 590 g/mol. The van der Waals surface area contributed by atoms with Gasteiger partial charge in [-0.15, -0.1) is 12.4 Å². The molecule has 2 heterocycles. The van der Waals surface area contributed by atoms with E-state index < -0.39 is 36.0 Å². The smallest absolute Gasteiger partial charge is 0.303 e. The molecule has 224 valence electrons. The number of para-hydroxylation sites is 2. The van der Waals surface area contributed by atoms with Gasteiger partial charge >= 0.3 is 11.9 Å². The lowest BCUT2D eigenvalue weighted by Gasteiger charge is -2.37. The van der Waals surface area contributed by atoms with Gasteiger partial charge in [-0.05, 0) is 62.9 Å². The molecule has 5 rings (SSSR count). The van der Waals surface area contributed by atoms with Crippen LogP contribution in [0.25, 0.3) is 0 Å². The molecule has 2 aliphatic heterocycles. The molecule has 0 spiro atoms. The van der Waals surface area contributed by atoms with E-state index in [-0.39, 0.29) is 30.8 Å². The standard InChI is InChI=1S/C30H39N3O7.ClH/c1-20(34)38-25-12-13-26(39-21(2)35)28-27(25)29(36)33(30(28)37)15-7-14-31-16-18-32(19-17-31)23-10-5-6-11-24(23)40-22-8-3-4-9-22;/h5-6,10-13,22,25-28H,3-4,7-9,14-19H2,1-2H3;1H. The fourth-order valence-electron chi connectivity index (χ4n) is 6.42. The first-order valence-electron chi connectivity index (χ1n) is 14.4. The topological polar surface area (TPSA) is 106 Å². The molecule has 10 nitrogen and oxygen atoms in total. The Hall–Kier alpha value is -3.11. The van der Waals surface area contributed by atoms with Gasteiger partial charge in [-0.2, -0.15) is 0 Å². The summed E-state index contributed by atoms with van der Waals surface area (Å²) in [5.41, 5.74) is 1.14. The molecule has 2 amide bonds. The second-order valence-corrected chi connectivity index (χ2v) is 11.1. The number of rotatable bonds is 9. The maximum Gasteiger partial charge on any atom is 0.303 e. The number of nitrogens with zero attached hydrogens (tertiary/aromatic N) is 3. The maximum atomic E-state index is 13.3. The number of piperazine rings is 1. The van der Waals surface area contributed by atoms with Crippen LogP contribution in [0.5, 0.6) is 5.75 Å². The van der Waals surface area contributed by atoms with Crippen LogP contribution >= 0.6 is 12.4 Å². The average Bonchev–Trinajstić information content (AvgIpc) is 3.53. The molecule has 1 aromatic carbocycles. The number of hydrogen-bond donors (Lipinski definition) is 0. The van der Waals surface area contributed by atoms with Crippen molar-refractivity contribution in [2.45, 2.75) is 64.3 Å². The lowest BCUT2D eigenvalue weighted by atomic mass is 9.81. The molecule has 1 saturated carbocycles. The summed E-state index contributed by atoms with van der Waals surface area (Å²) >= 11 is 0. The van der Waals surface area contributed by atoms with Crippen molar-refractivity contribution in [3.05, 3.63) is 36.4 Å². The molecule has 41 heavy (non-hydrogen) atoms. The van der Waals surface area contributed by atoms with Crippen LogP contribution < -0.4 is 9.64 Å². The molecule has 11 heteroatoms. The molecule has 0 aromatic heterocycles. The number of anilines is 1. The van der Waals surface area contributed by atoms with Crippen LogP contribution in [0.1, 0.15) is 46.0 Å². The normalized spacial score (nSPS) is 26.5. The summed E-state index contributed by atoms with van der Waals surface area (Å²) in [6, 6.07) is 8.28. The van der Waals surface area contributed by atoms with Crippen molar-refractivity contribution < 1.29 is 33.4 Å². The fourth-order valence-corrected chi connectivity index (χ4v) is 6.42. The second kappa shape index (κ2) is 13.7. The van der Waals surface area contributed by atoms with E-state index in [9.17, 15) is 19.2 Å². The van der Waals surface area contributed by atoms with Crippen molar-refractivity contribution >= 4 is 41.8 Å². The minimum Gasteiger partial charge on any atom is -0.488 e. The zero-order valence-corrected chi connectivity index (χ0v) is 24.6. The van der Waals surface area contributed by atoms with E-state index in [1.54, 1.807) is 12.2 Å². The monoisotopic (exact) mass is 589 g/mol. The molecule has 0 N–H and O–H groups in total. The van der Waals surface area contributed by atoms with E-state index >= 15 is 0 Å². The van der Waals surface area contributed by atoms with Gasteiger partial charge < -0.3 is 19.1 Å². The van der Waals surface area contributed by atoms with E-state index in [1.807, 2.05) is 6.07 Å². The summed E-state index contributed by atoms with van der Waals surface area (Å²) in [6.45, 7) is 7.03. The first-order chi connectivity index (χ1) is 19.3. The molecule has 4 aliphatic rings. The van der Waals surface area contributed by atoms with Crippen LogP contribution in [0, 0.1) is 11.8 Å². The number of ether oxygens (including phenoxy) is 3. The Bertz CT molecular complexity index is 1100. The summed E-state index contributed by atoms with van der Waals surface area (Å²) < 4.78 is 17.0. The molecule has 3 fully saturated rings. The van der Waals surface area contributed by atoms with Crippen LogP contribution in [0.3, 0.4) is 0 Å². The second-order valence-electron chi connectivity index (χ2n) is 11.1. The molecule has 0 bridgehead atoms. The number of imide groups is 1. The van der Waals surface area contributed by atoms with E-state index in [4.69, 9.17) is 14.2 Å². The third kappa shape index (κ3) is 7.04. The number of carbonyl (C=O) groups is 4. The summed E-state index contributed by atoms with van der Waals surface area (Å²) in [5, 5.41) is 0. The van der Waals surface area contributed by atoms with Gasteiger partial charge in [0, 0.05) is 46.6 Å². The minimum absolute atomic E-state index is 0. The van der Waals surface area contributed by atoms with Crippen LogP contribution in [-0.2, 0) is 28.7 Å². The number of halogens is 1. The number of likely N-dealkylation sites (tertiary alicyclic amines) is 1. The highest BCUT2D eigenvalue weighted by Gasteiger charge is 2.56. The first kappa shape index (κ1) is 30.8. The third-order valence-electron chi connectivity index (χ3n) is 8.32. The predicted octanol–water partition coefficient (Wildman–Crippen LogP) is 2.98. The van der Waals surface area contributed by atoms with Crippen LogP contribution in [0.4, 0.5) is 5.69 Å². The zero-order valence-electron chi connectivity index (χ0n) is 23.7. The zero-order chi connectivity index (χ0) is 28.2. The van der Waals surface area contributed by atoms with E-state index in [0.717, 1.165) is 57.0 Å². The van der Waals surface area contributed by atoms with Gasteiger partial charge in [-0.1, -0.05) is 12.1 Å². The van der Waals surface area contributed by atoms with Gasteiger partial charge in [-0.3, -0.25) is 29.0 Å². The summed E-state index contributed by atoms with van der Waals surface area (Å²) in [6.07, 6.45) is 7.02. The summed E-state index contributed by atoms with van der Waals surface area (Å²) in [7, 11) is 0. The molecule has 2 saturated heterocycles.